The van der Waals surface area contributed by atoms with Gasteiger partial charge in [-0.1, -0.05) is 17.7 Å². The van der Waals surface area contributed by atoms with E-state index in [9.17, 15) is 12.8 Å². The van der Waals surface area contributed by atoms with Gasteiger partial charge in [-0.05, 0) is 12.1 Å². The van der Waals surface area contributed by atoms with E-state index in [1.165, 1.54) is 22.5 Å². The van der Waals surface area contributed by atoms with Crippen LogP contribution >= 0.6 is 11.6 Å². The SMILES string of the molecule is O=S(=O)(c1cccc(Cl)c1F)N1CCN(C2CNC2)CC1. The predicted octanol–water partition coefficient (Wildman–Crippen LogP) is 0.757. The van der Waals surface area contributed by atoms with Crippen LogP contribution < -0.4 is 5.32 Å². The minimum absolute atomic E-state index is 0.171. The molecule has 2 fully saturated rings. The zero-order valence-electron chi connectivity index (χ0n) is 11.4. The summed E-state index contributed by atoms with van der Waals surface area (Å²) in [4.78, 5) is 1.94. The third-order valence-corrected chi connectivity index (χ3v) is 6.29. The highest BCUT2D eigenvalue weighted by atomic mass is 35.5. The number of nitrogens with one attached hydrogen (secondary N) is 1. The van der Waals surface area contributed by atoms with Gasteiger partial charge in [-0.3, -0.25) is 4.90 Å². The molecule has 0 atom stereocenters. The van der Waals surface area contributed by atoms with Crippen LogP contribution in [0.5, 0.6) is 0 Å². The van der Waals surface area contributed by atoms with E-state index in [4.69, 9.17) is 11.6 Å². The van der Waals surface area contributed by atoms with Crippen molar-refractivity contribution in [3.8, 4) is 0 Å². The second-order valence-corrected chi connectivity index (χ2v) is 7.62. The number of sulfonamides is 1. The van der Waals surface area contributed by atoms with Gasteiger partial charge in [0.1, 0.15) is 4.90 Å². The van der Waals surface area contributed by atoms with Crippen LogP contribution in [-0.4, -0.2) is 62.9 Å². The maximum Gasteiger partial charge on any atom is 0.246 e. The first-order chi connectivity index (χ1) is 10.00. The molecule has 21 heavy (non-hydrogen) atoms. The van der Waals surface area contributed by atoms with Crippen LogP contribution in [0, 0.1) is 5.82 Å². The number of hydrogen-bond donors (Lipinski definition) is 1. The Balaban J connectivity index is 1.75. The molecular formula is C13H17ClFN3O2S. The Morgan fingerprint density at radius 1 is 1.19 bits per heavy atom. The van der Waals surface area contributed by atoms with Gasteiger partial charge in [0.15, 0.2) is 5.82 Å². The standard InChI is InChI=1S/C13H17ClFN3O2S/c14-11-2-1-3-12(13(11)15)21(19,20)18-6-4-17(5-7-18)10-8-16-9-10/h1-3,10,16H,4-9H2. The van der Waals surface area contributed by atoms with Gasteiger partial charge < -0.3 is 5.32 Å². The van der Waals surface area contributed by atoms with Crippen molar-refractivity contribution in [1.29, 1.82) is 0 Å². The van der Waals surface area contributed by atoms with E-state index in [-0.39, 0.29) is 9.92 Å². The topological polar surface area (TPSA) is 52.7 Å². The lowest BCUT2D eigenvalue weighted by Crippen LogP contribution is -2.62. The molecule has 2 aliphatic rings. The molecule has 0 aromatic heterocycles. The lowest BCUT2D eigenvalue weighted by atomic mass is 10.1. The van der Waals surface area contributed by atoms with Crippen LogP contribution in [0.25, 0.3) is 0 Å². The summed E-state index contributed by atoms with van der Waals surface area (Å²) in [7, 11) is -3.82. The van der Waals surface area contributed by atoms with Crippen molar-refractivity contribution in [2.45, 2.75) is 10.9 Å². The number of halogens is 2. The molecule has 2 saturated heterocycles. The van der Waals surface area contributed by atoms with E-state index in [0.29, 0.717) is 32.2 Å². The molecule has 0 radical (unpaired) electrons. The summed E-state index contributed by atoms with van der Waals surface area (Å²) in [5.74, 6) is -0.871. The first kappa shape index (κ1) is 15.2. The molecule has 0 bridgehead atoms. The van der Waals surface area contributed by atoms with Crippen LogP contribution in [0.4, 0.5) is 4.39 Å². The van der Waals surface area contributed by atoms with E-state index in [1.807, 2.05) is 0 Å². The first-order valence-corrected chi connectivity index (χ1v) is 8.71. The minimum Gasteiger partial charge on any atom is -0.314 e. The maximum absolute atomic E-state index is 14.0. The van der Waals surface area contributed by atoms with Crippen LogP contribution in [-0.2, 0) is 10.0 Å². The van der Waals surface area contributed by atoms with E-state index in [1.54, 1.807) is 0 Å². The molecule has 0 aliphatic carbocycles. The van der Waals surface area contributed by atoms with Gasteiger partial charge >= 0.3 is 0 Å². The van der Waals surface area contributed by atoms with Crippen LogP contribution in [0.1, 0.15) is 0 Å². The molecule has 0 unspecified atom stereocenters. The fourth-order valence-electron chi connectivity index (χ4n) is 2.66. The van der Waals surface area contributed by atoms with E-state index < -0.39 is 15.8 Å². The summed E-state index contributed by atoms with van der Waals surface area (Å²) in [6.45, 7) is 4.02. The first-order valence-electron chi connectivity index (χ1n) is 6.89. The number of hydrogen-bond acceptors (Lipinski definition) is 4. The number of rotatable bonds is 3. The summed E-state index contributed by atoms with van der Waals surface area (Å²) in [6, 6.07) is 4.56. The fraction of sp³-hybridized carbons (Fsp3) is 0.538. The van der Waals surface area contributed by atoms with Crippen molar-refractivity contribution in [2.75, 3.05) is 39.3 Å². The van der Waals surface area contributed by atoms with Gasteiger partial charge in [-0.2, -0.15) is 4.31 Å². The van der Waals surface area contributed by atoms with E-state index in [2.05, 4.69) is 10.2 Å². The molecule has 0 spiro atoms. The second kappa shape index (κ2) is 5.81. The Hall–Kier alpha value is -0.730. The molecule has 0 saturated carbocycles. The van der Waals surface area contributed by atoms with Crippen molar-refractivity contribution in [3.63, 3.8) is 0 Å². The zero-order chi connectivity index (χ0) is 15.0. The average molecular weight is 334 g/mol. The summed E-state index contributed by atoms with van der Waals surface area (Å²) in [6.07, 6.45) is 0. The Labute approximate surface area is 128 Å². The summed E-state index contributed by atoms with van der Waals surface area (Å²) < 4.78 is 40.3. The molecule has 1 aromatic carbocycles. The van der Waals surface area contributed by atoms with Gasteiger partial charge in [0.25, 0.3) is 0 Å². The Morgan fingerprint density at radius 2 is 1.86 bits per heavy atom. The molecule has 0 amide bonds. The Bertz CT molecular complexity index is 628. The molecule has 2 aliphatic heterocycles. The molecular weight excluding hydrogens is 317 g/mol. The minimum atomic E-state index is -3.82. The fourth-order valence-corrected chi connectivity index (χ4v) is 4.40. The summed E-state index contributed by atoms with van der Waals surface area (Å²) in [5.41, 5.74) is 0. The van der Waals surface area contributed by atoms with E-state index >= 15 is 0 Å². The summed E-state index contributed by atoms with van der Waals surface area (Å²) >= 11 is 5.68. The number of piperazine rings is 1. The van der Waals surface area contributed by atoms with Gasteiger partial charge in [0.05, 0.1) is 5.02 Å². The van der Waals surface area contributed by atoms with Crippen LogP contribution in [0.2, 0.25) is 5.02 Å². The highest BCUT2D eigenvalue weighted by Gasteiger charge is 2.34. The van der Waals surface area contributed by atoms with Gasteiger partial charge in [0.2, 0.25) is 10.0 Å². The second-order valence-electron chi connectivity index (χ2n) is 5.30. The molecule has 3 rings (SSSR count). The third kappa shape index (κ3) is 2.80. The Kier molecular flexibility index (Phi) is 4.20. The molecule has 116 valence electrons. The van der Waals surface area contributed by atoms with E-state index in [0.717, 1.165) is 13.1 Å². The van der Waals surface area contributed by atoms with Crippen LogP contribution in [0.15, 0.2) is 23.1 Å². The molecule has 1 aromatic rings. The number of benzene rings is 1. The molecule has 1 N–H and O–H groups in total. The van der Waals surface area contributed by atoms with Gasteiger partial charge in [-0.25, -0.2) is 12.8 Å². The van der Waals surface area contributed by atoms with Crippen LogP contribution in [0.3, 0.4) is 0 Å². The predicted molar refractivity (Wildman–Crippen MR) is 78.4 cm³/mol. The smallest absolute Gasteiger partial charge is 0.246 e. The highest BCUT2D eigenvalue weighted by Crippen LogP contribution is 2.25. The van der Waals surface area contributed by atoms with Crippen molar-refractivity contribution >= 4 is 21.6 Å². The lowest BCUT2D eigenvalue weighted by Gasteiger charge is -2.42. The third-order valence-electron chi connectivity index (χ3n) is 4.08. The molecule has 5 nitrogen and oxygen atoms in total. The molecule has 8 heteroatoms. The van der Waals surface area contributed by atoms with Gasteiger partial charge in [0, 0.05) is 45.3 Å². The average Bonchev–Trinajstić information content (AvgIpc) is 2.40. The monoisotopic (exact) mass is 333 g/mol. The maximum atomic E-state index is 14.0. The highest BCUT2D eigenvalue weighted by molar-refractivity contribution is 7.89. The van der Waals surface area contributed by atoms with Crippen molar-refractivity contribution in [2.24, 2.45) is 0 Å². The van der Waals surface area contributed by atoms with Crippen molar-refractivity contribution < 1.29 is 12.8 Å². The lowest BCUT2D eigenvalue weighted by molar-refractivity contribution is 0.103. The van der Waals surface area contributed by atoms with Crippen molar-refractivity contribution in [1.82, 2.24) is 14.5 Å². The normalized spacial score (nSPS) is 22.2. The largest absolute Gasteiger partial charge is 0.314 e. The van der Waals surface area contributed by atoms with Gasteiger partial charge in [-0.15, -0.1) is 0 Å². The number of nitrogens with zero attached hydrogens (tertiary/aromatic N) is 2. The summed E-state index contributed by atoms with van der Waals surface area (Å²) in [5, 5.41) is 3.03. The molecule has 2 heterocycles. The van der Waals surface area contributed by atoms with Crippen molar-refractivity contribution in [3.05, 3.63) is 29.0 Å². The Morgan fingerprint density at radius 3 is 2.43 bits per heavy atom. The quantitative estimate of drug-likeness (QED) is 0.887. The zero-order valence-corrected chi connectivity index (χ0v) is 13.0.